The number of carbonyl (C=O) groups is 1. The highest BCUT2D eigenvalue weighted by Gasteiger charge is 2.31. The van der Waals surface area contributed by atoms with Crippen LogP contribution < -0.4 is 11.1 Å². The van der Waals surface area contributed by atoms with E-state index in [-0.39, 0.29) is 11.8 Å². The summed E-state index contributed by atoms with van der Waals surface area (Å²) in [4.78, 5) is 12.1. The molecular weight excluding hydrogens is 327 g/mol. The van der Waals surface area contributed by atoms with Crippen LogP contribution in [0.25, 0.3) is 0 Å². The number of benzene rings is 1. The minimum Gasteiger partial charge on any atom is -0.330 e. The smallest absolute Gasteiger partial charge is 0.227 e. The molecule has 0 heterocycles. The maximum atomic E-state index is 12.1. The second kappa shape index (κ2) is 5.82. The lowest BCUT2D eigenvalue weighted by Gasteiger charge is -2.17. The van der Waals surface area contributed by atoms with Gasteiger partial charge in [-0.1, -0.05) is 12.5 Å². The zero-order chi connectivity index (χ0) is 12.3. The van der Waals surface area contributed by atoms with E-state index in [4.69, 9.17) is 5.73 Å². The summed E-state index contributed by atoms with van der Waals surface area (Å²) in [7, 11) is 0. The maximum Gasteiger partial charge on any atom is 0.227 e. The van der Waals surface area contributed by atoms with Crippen LogP contribution in [0.1, 0.15) is 19.3 Å². The second-order valence-electron chi connectivity index (χ2n) is 4.53. The molecule has 17 heavy (non-hydrogen) atoms. The summed E-state index contributed by atoms with van der Waals surface area (Å²) in [5.41, 5.74) is 6.58. The van der Waals surface area contributed by atoms with Crippen molar-refractivity contribution in [2.75, 3.05) is 11.9 Å². The van der Waals surface area contributed by atoms with Gasteiger partial charge < -0.3 is 11.1 Å². The standard InChI is InChI=1S/C13H17IN2O/c14-10-4-2-5-11(7-10)16-13(17)12-6-1-3-9(12)8-15/h2,4-5,7,9,12H,1,3,6,8,15H2,(H,16,17). The third-order valence-electron chi connectivity index (χ3n) is 3.39. The number of carbonyl (C=O) groups excluding carboxylic acids is 1. The Bertz CT molecular complexity index is 408. The molecule has 0 saturated heterocycles. The third-order valence-corrected chi connectivity index (χ3v) is 4.06. The van der Waals surface area contributed by atoms with Crippen LogP contribution in [0.2, 0.25) is 0 Å². The Balaban J connectivity index is 2.01. The third kappa shape index (κ3) is 3.19. The number of nitrogens with one attached hydrogen (secondary N) is 1. The van der Waals surface area contributed by atoms with Crippen molar-refractivity contribution < 1.29 is 4.79 Å². The number of anilines is 1. The van der Waals surface area contributed by atoms with Crippen molar-refractivity contribution in [3.8, 4) is 0 Å². The van der Waals surface area contributed by atoms with Gasteiger partial charge in [0.2, 0.25) is 5.91 Å². The van der Waals surface area contributed by atoms with Gasteiger partial charge in [0, 0.05) is 15.2 Å². The fourth-order valence-corrected chi connectivity index (χ4v) is 3.01. The van der Waals surface area contributed by atoms with Crippen LogP contribution in [0.15, 0.2) is 24.3 Å². The molecule has 4 heteroatoms. The first-order valence-corrected chi connectivity index (χ1v) is 7.05. The molecule has 3 N–H and O–H groups in total. The van der Waals surface area contributed by atoms with Gasteiger partial charge in [-0.05, 0) is 66.1 Å². The first-order valence-electron chi connectivity index (χ1n) is 5.97. The van der Waals surface area contributed by atoms with Crippen LogP contribution in [-0.4, -0.2) is 12.5 Å². The number of halogens is 1. The zero-order valence-electron chi connectivity index (χ0n) is 9.66. The van der Waals surface area contributed by atoms with Crippen LogP contribution in [0, 0.1) is 15.4 Å². The quantitative estimate of drug-likeness (QED) is 0.829. The van der Waals surface area contributed by atoms with E-state index in [1.807, 2.05) is 24.3 Å². The van der Waals surface area contributed by atoms with Gasteiger partial charge in [-0.3, -0.25) is 4.79 Å². The van der Waals surface area contributed by atoms with E-state index >= 15 is 0 Å². The van der Waals surface area contributed by atoms with Crippen molar-refractivity contribution in [2.45, 2.75) is 19.3 Å². The fraction of sp³-hybridized carbons (Fsp3) is 0.462. The van der Waals surface area contributed by atoms with E-state index in [0.29, 0.717) is 12.5 Å². The van der Waals surface area contributed by atoms with Crippen molar-refractivity contribution in [1.82, 2.24) is 0 Å². The van der Waals surface area contributed by atoms with E-state index in [0.717, 1.165) is 28.5 Å². The van der Waals surface area contributed by atoms with Crippen molar-refractivity contribution in [3.05, 3.63) is 27.8 Å². The van der Waals surface area contributed by atoms with Crippen molar-refractivity contribution in [3.63, 3.8) is 0 Å². The SMILES string of the molecule is NCC1CCCC1C(=O)Nc1cccc(I)c1. The first-order chi connectivity index (χ1) is 8.20. The minimum absolute atomic E-state index is 0.0952. The Labute approximate surface area is 115 Å². The summed E-state index contributed by atoms with van der Waals surface area (Å²) in [6.45, 7) is 0.615. The van der Waals surface area contributed by atoms with E-state index in [1.54, 1.807) is 0 Å². The van der Waals surface area contributed by atoms with Gasteiger partial charge in [-0.15, -0.1) is 0 Å². The average molecular weight is 344 g/mol. The Morgan fingerprint density at radius 3 is 3.00 bits per heavy atom. The van der Waals surface area contributed by atoms with E-state index < -0.39 is 0 Å². The van der Waals surface area contributed by atoms with E-state index in [2.05, 4.69) is 27.9 Å². The summed E-state index contributed by atoms with van der Waals surface area (Å²) in [5.74, 6) is 0.579. The largest absolute Gasteiger partial charge is 0.330 e. The summed E-state index contributed by atoms with van der Waals surface area (Å²) >= 11 is 2.24. The Morgan fingerprint density at radius 2 is 2.29 bits per heavy atom. The summed E-state index contributed by atoms with van der Waals surface area (Å²) in [6.07, 6.45) is 3.17. The number of amides is 1. The predicted octanol–water partition coefficient (Wildman–Crippen LogP) is 2.60. The highest BCUT2D eigenvalue weighted by Crippen LogP contribution is 2.31. The van der Waals surface area contributed by atoms with Crippen molar-refractivity contribution in [2.24, 2.45) is 17.6 Å². The first kappa shape index (κ1) is 12.8. The van der Waals surface area contributed by atoms with Gasteiger partial charge in [0.05, 0.1) is 0 Å². The highest BCUT2D eigenvalue weighted by atomic mass is 127. The Kier molecular flexibility index (Phi) is 4.39. The number of nitrogens with two attached hydrogens (primary N) is 1. The number of rotatable bonds is 3. The van der Waals surface area contributed by atoms with Gasteiger partial charge in [-0.25, -0.2) is 0 Å². The molecule has 92 valence electrons. The molecule has 3 nitrogen and oxygen atoms in total. The molecule has 1 aromatic carbocycles. The zero-order valence-corrected chi connectivity index (χ0v) is 11.8. The molecule has 2 rings (SSSR count). The molecule has 2 atom stereocenters. The van der Waals surface area contributed by atoms with Gasteiger partial charge in [-0.2, -0.15) is 0 Å². The molecule has 1 amide bonds. The maximum absolute atomic E-state index is 12.1. The number of hydrogen-bond donors (Lipinski definition) is 2. The van der Waals surface area contributed by atoms with Crippen LogP contribution in [0.3, 0.4) is 0 Å². The Hall–Kier alpha value is -0.620. The van der Waals surface area contributed by atoms with Crippen LogP contribution in [0.4, 0.5) is 5.69 Å². The molecule has 1 aliphatic rings. The molecule has 0 bridgehead atoms. The van der Waals surface area contributed by atoms with Gasteiger partial charge >= 0.3 is 0 Å². The topological polar surface area (TPSA) is 55.1 Å². The number of hydrogen-bond acceptors (Lipinski definition) is 2. The molecule has 1 fully saturated rings. The normalized spacial score (nSPS) is 23.6. The molecule has 1 aliphatic carbocycles. The van der Waals surface area contributed by atoms with Crippen molar-refractivity contribution >= 4 is 34.2 Å². The van der Waals surface area contributed by atoms with Crippen LogP contribution >= 0.6 is 22.6 Å². The van der Waals surface area contributed by atoms with Crippen LogP contribution in [-0.2, 0) is 4.79 Å². The monoisotopic (exact) mass is 344 g/mol. The summed E-state index contributed by atoms with van der Waals surface area (Å²) in [6, 6.07) is 7.86. The van der Waals surface area contributed by atoms with Gasteiger partial charge in [0.15, 0.2) is 0 Å². The Morgan fingerprint density at radius 1 is 1.47 bits per heavy atom. The van der Waals surface area contributed by atoms with Crippen LogP contribution in [0.5, 0.6) is 0 Å². The molecule has 0 spiro atoms. The molecule has 1 aromatic rings. The van der Waals surface area contributed by atoms with E-state index in [9.17, 15) is 4.79 Å². The lowest BCUT2D eigenvalue weighted by atomic mass is 9.95. The minimum atomic E-state index is 0.0952. The molecule has 2 unspecified atom stereocenters. The second-order valence-corrected chi connectivity index (χ2v) is 5.78. The van der Waals surface area contributed by atoms with Crippen molar-refractivity contribution in [1.29, 1.82) is 0 Å². The highest BCUT2D eigenvalue weighted by molar-refractivity contribution is 14.1. The lowest BCUT2D eigenvalue weighted by Crippen LogP contribution is -2.29. The molecule has 0 aliphatic heterocycles. The summed E-state index contributed by atoms with van der Waals surface area (Å²) in [5, 5.41) is 2.99. The van der Waals surface area contributed by atoms with Gasteiger partial charge in [0.1, 0.15) is 0 Å². The van der Waals surface area contributed by atoms with E-state index in [1.165, 1.54) is 0 Å². The lowest BCUT2D eigenvalue weighted by molar-refractivity contribution is -0.120. The summed E-state index contributed by atoms with van der Waals surface area (Å²) < 4.78 is 1.13. The molecule has 0 radical (unpaired) electrons. The molecule has 0 aromatic heterocycles. The average Bonchev–Trinajstić information content (AvgIpc) is 2.77. The molecule has 1 saturated carbocycles. The fourth-order valence-electron chi connectivity index (χ4n) is 2.47. The predicted molar refractivity (Wildman–Crippen MR) is 77.7 cm³/mol. The molecular formula is C13H17IN2O. The van der Waals surface area contributed by atoms with Gasteiger partial charge in [0.25, 0.3) is 0 Å².